The molecule has 0 fully saturated rings. The number of carboxylic acids is 1. The van der Waals surface area contributed by atoms with Crippen LogP contribution in [0.1, 0.15) is 10.4 Å². The van der Waals surface area contributed by atoms with E-state index in [1.807, 2.05) is 0 Å². The Kier molecular flexibility index (Phi) is 5.54. The van der Waals surface area contributed by atoms with Crippen LogP contribution in [0.4, 0.5) is 10.5 Å². The molecule has 0 aliphatic heterocycles. The molecule has 114 valence electrons. The van der Waals surface area contributed by atoms with Crippen LogP contribution in [0.25, 0.3) is 0 Å². The summed E-state index contributed by atoms with van der Waals surface area (Å²) in [7, 11) is 4.65. The lowest BCUT2D eigenvalue weighted by Gasteiger charge is -2.20. The molecule has 0 unspecified atom stereocenters. The molecular formula is C13H16ClN3O4. The van der Waals surface area contributed by atoms with Gasteiger partial charge in [0.05, 0.1) is 16.3 Å². The zero-order valence-electron chi connectivity index (χ0n) is 11.9. The van der Waals surface area contributed by atoms with Gasteiger partial charge < -0.3 is 20.2 Å². The molecule has 1 aromatic carbocycles. The van der Waals surface area contributed by atoms with Crippen molar-refractivity contribution in [2.75, 3.05) is 33.0 Å². The van der Waals surface area contributed by atoms with E-state index in [1.54, 1.807) is 14.1 Å². The van der Waals surface area contributed by atoms with Crippen molar-refractivity contribution < 1.29 is 19.5 Å². The van der Waals surface area contributed by atoms with Gasteiger partial charge in [0.15, 0.2) is 0 Å². The lowest BCUT2D eigenvalue weighted by Crippen LogP contribution is -2.39. The van der Waals surface area contributed by atoms with Gasteiger partial charge in [0, 0.05) is 21.1 Å². The van der Waals surface area contributed by atoms with E-state index in [-0.39, 0.29) is 28.7 Å². The van der Waals surface area contributed by atoms with Gasteiger partial charge in [-0.25, -0.2) is 9.59 Å². The minimum Gasteiger partial charge on any atom is -0.478 e. The predicted molar refractivity (Wildman–Crippen MR) is 78.8 cm³/mol. The highest BCUT2D eigenvalue weighted by Crippen LogP contribution is 2.23. The maximum Gasteiger partial charge on any atom is 0.335 e. The Labute approximate surface area is 127 Å². The lowest BCUT2D eigenvalue weighted by atomic mass is 10.2. The molecule has 1 rings (SSSR count). The molecule has 2 N–H and O–H groups in total. The third kappa shape index (κ3) is 4.64. The Morgan fingerprint density at radius 3 is 2.33 bits per heavy atom. The van der Waals surface area contributed by atoms with Gasteiger partial charge in [-0.3, -0.25) is 4.79 Å². The number of nitrogens with one attached hydrogen (secondary N) is 1. The fourth-order valence-corrected chi connectivity index (χ4v) is 1.60. The number of hydrogen-bond acceptors (Lipinski definition) is 3. The highest BCUT2D eigenvalue weighted by atomic mass is 35.5. The first-order valence-electron chi connectivity index (χ1n) is 5.97. The lowest BCUT2D eigenvalue weighted by molar-refractivity contribution is -0.129. The second-order valence-corrected chi connectivity index (χ2v) is 4.98. The van der Waals surface area contributed by atoms with Gasteiger partial charge in [0.1, 0.15) is 6.54 Å². The summed E-state index contributed by atoms with van der Waals surface area (Å²) in [5, 5.41) is 11.4. The van der Waals surface area contributed by atoms with E-state index < -0.39 is 12.0 Å². The molecule has 8 heteroatoms. The van der Waals surface area contributed by atoms with Crippen molar-refractivity contribution in [2.45, 2.75) is 0 Å². The van der Waals surface area contributed by atoms with Crippen molar-refractivity contribution in [3.63, 3.8) is 0 Å². The van der Waals surface area contributed by atoms with E-state index in [9.17, 15) is 14.4 Å². The summed E-state index contributed by atoms with van der Waals surface area (Å²) in [5.41, 5.74) is 0.296. The van der Waals surface area contributed by atoms with E-state index in [0.717, 1.165) is 0 Å². The number of carbonyl (C=O) groups is 3. The average molecular weight is 314 g/mol. The highest BCUT2D eigenvalue weighted by molar-refractivity contribution is 6.34. The maximum absolute atomic E-state index is 11.9. The summed E-state index contributed by atoms with van der Waals surface area (Å²) in [5.74, 6) is -1.33. The topological polar surface area (TPSA) is 90.0 Å². The first-order chi connectivity index (χ1) is 9.72. The van der Waals surface area contributed by atoms with Crippen molar-refractivity contribution in [1.29, 1.82) is 0 Å². The molecule has 7 nitrogen and oxygen atoms in total. The molecule has 0 bridgehead atoms. The number of amides is 3. The number of urea groups is 1. The molecule has 0 heterocycles. The minimum absolute atomic E-state index is 0.0224. The van der Waals surface area contributed by atoms with Crippen molar-refractivity contribution >= 4 is 35.2 Å². The SMILES string of the molecule is CN(C)C(=O)CN(C)C(=O)Nc1ccc(C(=O)O)cc1Cl. The second-order valence-electron chi connectivity index (χ2n) is 4.57. The van der Waals surface area contributed by atoms with Gasteiger partial charge in [0.2, 0.25) is 5.91 Å². The number of carboxylic acid groups (broad SMARTS) is 1. The largest absolute Gasteiger partial charge is 0.478 e. The molecular weight excluding hydrogens is 298 g/mol. The Morgan fingerprint density at radius 1 is 1.24 bits per heavy atom. The third-order valence-electron chi connectivity index (χ3n) is 2.68. The number of hydrogen-bond donors (Lipinski definition) is 2. The molecule has 0 saturated carbocycles. The highest BCUT2D eigenvalue weighted by Gasteiger charge is 2.16. The molecule has 0 aromatic heterocycles. The molecule has 0 atom stereocenters. The van der Waals surface area contributed by atoms with Crippen molar-refractivity contribution in [3.05, 3.63) is 28.8 Å². The number of nitrogens with zero attached hydrogens (tertiary/aromatic N) is 2. The number of carbonyl (C=O) groups excluding carboxylic acids is 2. The van der Waals surface area contributed by atoms with Crippen LogP contribution in [-0.4, -0.2) is 60.5 Å². The van der Waals surface area contributed by atoms with Gasteiger partial charge in [-0.1, -0.05) is 11.6 Å². The number of anilines is 1. The summed E-state index contributed by atoms with van der Waals surface area (Å²) in [6, 6.07) is 3.44. The summed E-state index contributed by atoms with van der Waals surface area (Å²) in [4.78, 5) is 36.8. The molecule has 3 amide bonds. The van der Waals surface area contributed by atoms with E-state index >= 15 is 0 Å². The molecule has 21 heavy (non-hydrogen) atoms. The van der Waals surface area contributed by atoms with Crippen LogP contribution in [0.3, 0.4) is 0 Å². The van der Waals surface area contributed by atoms with Crippen LogP contribution >= 0.6 is 11.6 Å². The smallest absolute Gasteiger partial charge is 0.335 e. The molecule has 0 aliphatic rings. The fourth-order valence-electron chi connectivity index (χ4n) is 1.38. The maximum atomic E-state index is 11.9. The molecule has 0 aliphatic carbocycles. The predicted octanol–water partition coefficient (Wildman–Crippen LogP) is 1.59. The van der Waals surface area contributed by atoms with Crippen LogP contribution in [0, 0.1) is 0 Å². The van der Waals surface area contributed by atoms with Crippen LogP contribution in [0.2, 0.25) is 5.02 Å². The second kappa shape index (κ2) is 6.94. The van der Waals surface area contributed by atoms with Crippen LogP contribution in [-0.2, 0) is 4.79 Å². The van der Waals surface area contributed by atoms with Gasteiger partial charge in [-0.2, -0.15) is 0 Å². The first-order valence-corrected chi connectivity index (χ1v) is 6.35. The van der Waals surface area contributed by atoms with Crippen LogP contribution in [0.15, 0.2) is 18.2 Å². The van der Waals surface area contributed by atoms with Crippen LogP contribution < -0.4 is 5.32 Å². The monoisotopic (exact) mass is 313 g/mol. The number of benzene rings is 1. The van der Waals surface area contributed by atoms with Crippen molar-refractivity contribution in [2.24, 2.45) is 0 Å². The summed E-state index contributed by atoms with van der Waals surface area (Å²) < 4.78 is 0. The number of halogens is 1. The fraction of sp³-hybridized carbons (Fsp3) is 0.308. The Balaban J connectivity index is 2.75. The average Bonchev–Trinajstić information content (AvgIpc) is 2.40. The third-order valence-corrected chi connectivity index (χ3v) is 2.99. The normalized spacial score (nSPS) is 9.90. The van der Waals surface area contributed by atoms with E-state index in [2.05, 4.69) is 5.32 Å². The Morgan fingerprint density at radius 2 is 1.86 bits per heavy atom. The van der Waals surface area contributed by atoms with Crippen molar-refractivity contribution in [3.8, 4) is 0 Å². The molecule has 1 aromatic rings. The standard InChI is InChI=1S/C13H16ClN3O4/c1-16(2)11(18)7-17(3)13(21)15-10-5-4-8(12(19)20)6-9(10)14/h4-6H,7H2,1-3H3,(H,15,21)(H,19,20). The number of aromatic carboxylic acids is 1. The molecule has 0 radical (unpaired) electrons. The zero-order valence-corrected chi connectivity index (χ0v) is 12.6. The number of rotatable bonds is 4. The molecule has 0 spiro atoms. The zero-order chi connectivity index (χ0) is 16.2. The quantitative estimate of drug-likeness (QED) is 0.883. The minimum atomic E-state index is -1.11. The molecule has 0 saturated heterocycles. The van der Waals surface area contributed by atoms with Crippen molar-refractivity contribution in [1.82, 2.24) is 9.80 Å². The van der Waals surface area contributed by atoms with Gasteiger partial charge in [-0.15, -0.1) is 0 Å². The summed E-state index contributed by atoms with van der Waals surface area (Å²) >= 11 is 5.91. The summed E-state index contributed by atoms with van der Waals surface area (Å²) in [6.07, 6.45) is 0. The van der Waals surface area contributed by atoms with Crippen LogP contribution in [0.5, 0.6) is 0 Å². The Hall–Kier alpha value is -2.28. The van der Waals surface area contributed by atoms with Gasteiger partial charge in [-0.05, 0) is 18.2 Å². The summed E-state index contributed by atoms with van der Waals surface area (Å²) in [6.45, 7) is -0.0797. The van der Waals surface area contributed by atoms with E-state index in [4.69, 9.17) is 16.7 Å². The van der Waals surface area contributed by atoms with E-state index in [1.165, 1.54) is 35.0 Å². The first kappa shape index (κ1) is 16.8. The Bertz CT molecular complexity index is 575. The van der Waals surface area contributed by atoms with Gasteiger partial charge in [0.25, 0.3) is 0 Å². The van der Waals surface area contributed by atoms with E-state index in [0.29, 0.717) is 0 Å². The van der Waals surface area contributed by atoms with Gasteiger partial charge >= 0.3 is 12.0 Å². The number of likely N-dealkylation sites (N-methyl/N-ethyl adjacent to an activating group) is 2.